The Labute approximate surface area is 142 Å². The fourth-order valence-corrected chi connectivity index (χ4v) is 2.50. The van der Waals surface area contributed by atoms with Crippen molar-refractivity contribution in [1.29, 1.82) is 0 Å². The van der Waals surface area contributed by atoms with Gasteiger partial charge >= 0.3 is 0 Å². The van der Waals surface area contributed by atoms with Gasteiger partial charge in [0.2, 0.25) is 0 Å². The largest absolute Gasteiger partial charge is 0.496 e. The number of hydrogen-bond acceptors (Lipinski definition) is 4. The summed E-state index contributed by atoms with van der Waals surface area (Å²) in [6.07, 6.45) is 5.23. The van der Waals surface area contributed by atoms with Gasteiger partial charge in [-0.1, -0.05) is 13.3 Å². The SMILES string of the molecule is CCCc1cc(/C=C/C(=O)c2ccc(N)cc2)c(OC)cc1OC. The van der Waals surface area contributed by atoms with Gasteiger partial charge in [0, 0.05) is 22.9 Å². The molecule has 0 heterocycles. The lowest BCUT2D eigenvalue weighted by molar-refractivity contribution is 0.104. The van der Waals surface area contributed by atoms with Crippen molar-refractivity contribution in [3.8, 4) is 11.5 Å². The van der Waals surface area contributed by atoms with Gasteiger partial charge in [-0.2, -0.15) is 0 Å². The number of anilines is 1. The molecule has 0 saturated carbocycles. The standard InChI is InChI=1S/C20H23NO3/c1-4-5-15-12-16(20(24-3)13-19(15)23-2)8-11-18(22)14-6-9-17(21)10-7-14/h6-13H,4-5,21H2,1-3H3/b11-8+. The molecule has 4 nitrogen and oxygen atoms in total. The summed E-state index contributed by atoms with van der Waals surface area (Å²) in [5, 5.41) is 0. The Morgan fingerprint density at radius 1 is 1.08 bits per heavy atom. The average molecular weight is 325 g/mol. The van der Waals surface area contributed by atoms with E-state index < -0.39 is 0 Å². The van der Waals surface area contributed by atoms with E-state index in [4.69, 9.17) is 15.2 Å². The lowest BCUT2D eigenvalue weighted by atomic mass is 10.0. The van der Waals surface area contributed by atoms with Crippen molar-refractivity contribution in [2.75, 3.05) is 20.0 Å². The van der Waals surface area contributed by atoms with Crippen molar-refractivity contribution in [2.45, 2.75) is 19.8 Å². The molecule has 126 valence electrons. The maximum Gasteiger partial charge on any atom is 0.185 e. The highest BCUT2D eigenvalue weighted by Gasteiger charge is 2.10. The first kappa shape index (κ1) is 17.6. The molecular formula is C20H23NO3. The van der Waals surface area contributed by atoms with Crippen molar-refractivity contribution < 1.29 is 14.3 Å². The zero-order valence-corrected chi connectivity index (χ0v) is 14.3. The quantitative estimate of drug-likeness (QED) is 0.472. The van der Waals surface area contributed by atoms with Crippen LogP contribution < -0.4 is 15.2 Å². The van der Waals surface area contributed by atoms with E-state index in [-0.39, 0.29) is 5.78 Å². The molecule has 0 radical (unpaired) electrons. The summed E-state index contributed by atoms with van der Waals surface area (Å²) in [5.41, 5.74) is 8.83. The lowest BCUT2D eigenvalue weighted by Crippen LogP contribution is -1.97. The number of hydrogen-bond donors (Lipinski definition) is 1. The molecule has 0 aliphatic carbocycles. The molecule has 4 heteroatoms. The first-order valence-corrected chi connectivity index (χ1v) is 7.91. The van der Waals surface area contributed by atoms with E-state index in [1.54, 1.807) is 50.6 Å². The second kappa shape index (κ2) is 8.20. The van der Waals surface area contributed by atoms with Crippen LogP contribution in [0.5, 0.6) is 11.5 Å². The first-order chi connectivity index (χ1) is 11.6. The van der Waals surface area contributed by atoms with Gasteiger partial charge in [0.1, 0.15) is 11.5 Å². The minimum atomic E-state index is -0.0788. The molecule has 0 unspecified atom stereocenters. The predicted molar refractivity (Wildman–Crippen MR) is 97.8 cm³/mol. The van der Waals surface area contributed by atoms with Gasteiger partial charge in [-0.15, -0.1) is 0 Å². The number of ether oxygens (including phenoxy) is 2. The molecule has 0 bridgehead atoms. The van der Waals surface area contributed by atoms with E-state index in [1.165, 1.54) is 0 Å². The van der Waals surface area contributed by atoms with E-state index in [1.807, 2.05) is 12.1 Å². The minimum Gasteiger partial charge on any atom is -0.496 e. The third-order valence-corrected chi connectivity index (χ3v) is 3.76. The second-order valence-electron chi connectivity index (χ2n) is 5.48. The zero-order chi connectivity index (χ0) is 17.5. The van der Waals surface area contributed by atoms with Crippen molar-refractivity contribution in [1.82, 2.24) is 0 Å². The topological polar surface area (TPSA) is 61.6 Å². The molecule has 24 heavy (non-hydrogen) atoms. The van der Waals surface area contributed by atoms with Crippen LogP contribution in [0, 0.1) is 0 Å². The Morgan fingerprint density at radius 2 is 1.75 bits per heavy atom. The van der Waals surface area contributed by atoms with E-state index in [9.17, 15) is 4.79 Å². The third-order valence-electron chi connectivity index (χ3n) is 3.76. The van der Waals surface area contributed by atoms with Crippen molar-refractivity contribution >= 4 is 17.5 Å². The molecule has 2 aromatic rings. The number of allylic oxidation sites excluding steroid dienone is 1. The molecule has 0 aromatic heterocycles. The maximum absolute atomic E-state index is 12.3. The lowest BCUT2D eigenvalue weighted by Gasteiger charge is -2.12. The van der Waals surface area contributed by atoms with Crippen LogP contribution in [-0.2, 0) is 6.42 Å². The first-order valence-electron chi connectivity index (χ1n) is 7.91. The molecule has 2 rings (SSSR count). The van der Waals surface area contributed by atoms with Crippen molar-refractivity contribution in [2.24, 2.45) is 0 Å². The minimum absolute atomic E-state index is 0.0788. The molecule has 0 aliphatic heterocycles. The molecule has 0 spiro atoms. The van der Waals surface area contributed by atoms with Crippen LogP contribution in [0.25, 0.3) is 6.08 Å². The highest BCUT2D eigenvalue weighted by Crippen LogP contribution is 2.31. The molecule has 0 saturated heterocycles. The number of aryl methyl sites for hydroxylation is 1. The Hall–Kier alpha value is -2.75. The Morgan fingerprint density at radius 3 is 2.33 bits per heavy atom. The van der Waals surface area contributed by atoms with Crippen LogP contribution in [-0.4, -0.2) is 20.0 Å². The Kier molecular flexibility index (Phi) is 6.01. The molecule has 2 aromatic carbocycles. The number of benzene rings is 2. The predicted octanol–water partition coefficient (Wildman–Crippen LogP) is 4.13. The van der Waals surface area contributed by atoms with Crippen LogP contribution in [0.3, 0.4) is 0 Å². The summed E-state index contributed by atoms with van der Waals surface area (Å²) in [7, 11) is 3.25. The van der Waals surface area contributed by atoms with E-state index in [0.717, 1.165) is 29.7 Å². The van der Waals surface area contributed by atoms with Gasteiger partial charge < -0.3 is 15.2 Å². The number of carbonyl (C=O) groups excluding carboxylic acids is 1. The summed E-state index contributed by atoms with van der Waals surface area (Å²) in [4.78, 5) is 12.3. The third kappa shape index (κ3) is 4.16. The fourth-order valence-electron chi connectivity index (χ4n) is 2.50. The Bertz CT molecular complexity index is 733. The number of nitrogen functional groups attached to an aromatic ring is 1. The van der Waals surface area contributed by atoms with Crippen LogP contribution >= 0.6 is 0 Å². The van der Waals surface area contributed by atoms with Crippen molar-refractivity contribution in [3.05, 3.63) is 59.2 Å². The molecule has 0 amide bonds. The van der Waals surface area contributed by atoms with Crippen LogP contribution in [0.4, 0.5) is 5.69 Å². The molecule has 0 fully saturated rings. The number of nitrogens with two attached hydrogens (primary N) is 1. The van der Waals surface area contributed by atoms with E-state index in [0.29, 0.717) is 17.0 Å². The maximum atomic E-state index is 12.3. The van der Waals surface area contributed by atoms with Gasteiger partial charge in [0.25, 0.3) is 0 Å². The zero-order valence-electron chi connectivity index (χ0n) is 14.3. The summed E-state index contributed by atoms with van der Waals surface area (Å²) in [6.45, 7) is 2.11. The summed E-state index contributed by atoms with van der Waals surface area (Å²) >= 11 is 0. The van der Waals surface area contributed by atoms with Crippen LogP contribution in [0.2, 0.25) is 0 Å². The average Bonchev–Trinajstić information content (AvgIpc) is 2.60. The monoisotopic (exact) mass is 325 g/mol. The smallest absolute Gasteiger partial charge is 0.185 e. The number of carbonyl (C=O) groups is 1. The normalized spacial score (nSPS) is 10.8. The fraction of sp³-hybridized carbons (Fsp3) is 0.250. The van der Waals surface area contributed by atoms with E-state index in [2.05, 4.69) is 6.92 Å². The summed E-state index contributed by atoms with van der Waals surface area (Å²) in [5.74, 6) is 1.40. The van der Waals surface area contributed by atoms with Gasteiger partial charge in [0.05, 0.1) is 14.2 Å². The highest BCUT2D eigenvalue weighted by molar-refractivity contribution is 6.07. The number of rotatable bonds is 7. The highest BCUT2D eigenvalue weighted by atomic mass is 16.5. The number of methoxy groups -OCH3 is 2. The molecule has 0 aliphatic rings. The van der Waals surface area contributed by atoms with E-state index >= 15 is 0 Å². The number of ketones is 1. The second-order valence-corrected chi connectivity index (χ2v) is 5.48. The molecular weight excluding hydrogens is 302 g/mol. The van der Waals surface area contributed by atoms with Crippen LogP contribution in [0.15, 0.2) is 42.5 Å². The van der Waals surface area contributed by atoms with Gasteiger partial charge in [-0.3, -0.25) is 4.79 Å². The van der Waals surface area contributed by atoms with Crippen LogP contribution in [0.1, 0.15) is 34.8 Å². The van der Waals surface area contributed by atoms with Gasteiger partial charge in [-0.25, -0.2) is 0 Å². The van der Waals surface area contributed by atoms with Gasteiger partial charge in [0.15, 0.2) is 5.78 Å². The molecule has 2 N–H and O–H groups in total. The summed E-state index contributed by atoms with van der Waals surface area (Å²) < 4.78 is 10.8. The van der Waals surface area contributed by atoms with Crippen molar-refractivity contribution in [3.63, 3.8) is 0 Å². The summed E-state index contributed by atoms with van der Waals surface area (Å²) in [6, 6.07) is 10.7. The Balaban J connectivity index is 2.31. The van der Waals surface area contributed by atoms with Gasteiger partial charge in [-0.05, 0) is 54.5 Å². The molecule has 0 atom stereocenters.